The van der Waals surface area contributed by atoms with Crippen LogP contribution in [0, 0.1) is 0 Å². The van der Waals surface area contributed by atoms with Crippen LogP contribution >= 0.6 is 0 Å². The molecule has 0 heterocycles. The minimum absolute atomic E-state index is 0.227. The predicted molar refractivity (Wildman–Crippen MR) is 76.4 cm³/mol. The zero-order valence-electron chi connectivity index (χ0n) is 11.8. The van der Waals surface area contributed by atoms with E-state index in [0.717, 1.165) is 18.6 Å². The average molecular weight is 267 g/mol. The molecule has 3 N–H and O–H groups in total. The Hall–Kier alpha value is -1.10. The van der Waals surface area contributed by atoms with Crippen molar-refractivity contribution < 1.29 is 14.6 Å². The molecule has 4 nitrogen and oxygen atoms in total. The highest BCUT2D eigenvalue weighted by molar-refractivity contribution is 5.27. The van der Waals surface area contributed by atoms with E-state index in [1.165, 1.54) is 5.56 Å². The number of ether oxygens (including phenoxy) is 2. The van der Waals surface area contributed by atoms with Gasteiger partial charge in [-0.3, -0.25) is 0 Å². The first-order chi connectivity index (χ1) is 9.11. The van der Waals surface area contributed by atoms with Crippen LogP contribution in [-0.4, -0.2) is 37.1 Å². The summed E-state index contributed by atoms with van der Waals surface area (Å²) in [6, 6.07) is 8.14. The van der Waals surface area contributed by atoms with Crippen LogP contribution in [-0.2, 0) is 11.2 Å². The van der Waals surface area contributed by atoms with Crippen molar-refractivity contribution in [1.82, 2.24) is 0 Å². The first kappa shape index (κ1) is 16.0. The van der Waals surface area contributed by atoms with Gasteiger partial charge in [0.15, 0.2) is 0 Å². The summed E-state index contributed by atoms with van der Waals surface area (Å²) in [7, 11) is 0. The van der Waals surface area contributed by atoms with Crippen molar-refractivity contribution in [3.05, 3.63) is 29.8 Å². The number of nitrogens with two attached hydrogens (primary N) is 1. The van der Waals surface area contributed by atoms with E-state index in [2.05, 4.69) is 0 Å². The van der Waals surface area contributed by atoms with Gasteiger partial charge >= 0.3 is 0 Å². The quantitative estimate of drug-likeness (QED) is 0.715. The Labute approximate surface area is 115 Å². The first-order valence-corrected chi connectivity index (χ1v) is 6.85. The standard InChI is InChI=1S/C15H25NO3/c1-3-18-10-14(17)11-19-15-8-6-13(7-9-15)5-4-12(2)16/h6-9,12,14,17H,3-5,10-11,16H2,1-2H3. The SMILES string of the molecule is CCOCC(O)COc1ccc(CCC(C)N)cc1. The van der Waals surface area contributed by atoms with Gasteiger partial charge in [-0.25, -0.2) is 0 Å². The first-order valence-electron chi connectivity index (χ1n) is 6.85. The van der Waals surface area contributed by atoms with Crippen molar-refractivity contribution in [2.24, 2.45) is 5.73 Å². The summed E-state index contributed by atoms with van der Waals surface area (Å²) in [6.07, 6.45) is 1.37. The molecule has 0 radical (unpaired) electrons. The van der Waals surface area contributed by atoms with Gasteiger partial charge in [0.1, 0.15) is 18.5 Å². The Bertz CT molecular complexity index is 338. The van der Waals surface area contributed by atoms with Crippen molar-refractivity contribution in [1.29, 1.82) is 0 Å². The second kappa shape index (κ2) is 8.91. The second-order valence-corrected chi connectivity index (χ2v) is 4.78. The van der Waals surface area contributed by atoms with Crippen molar-refractivity contribution >= 4 is 0 Å². The number of rotatable bonds is 9. The highest BCUT2D eigenvalue weighted by atomic mass is 16.5. The summed E-state index contributed by atoms with van der Waals surface area (Å²) in [5.41, 5.74) is 6.98. The summed E-state index contributed by atoms with van der Waals surface area (Å²) < 4.78 is 10.6. The van der Waals surface area contributed by atoms with Gasteiger partial charge in [-0.1, -0.05) is 12.1 Å². The molecule has 0 spiro atoms. The lowest BCUT2D eigenvalue weighted by atomic mass is 10.1. The molecule has 1 aromatic rings. The zero-order chi connectivity index (χ0) is 14.1. The summed E-state index contributed by atoms with van der Waals surface area (Å²) in [5.74, 6) is 0.764. The van der Waals surface area contributed by atoms with Crippen LogP contribution in [0.3, 0.4) is 0 Å². The fourth-order valence-corrected chi connectivity index (χ4v) is 1.64. The summed E-state index contributed by atoms with van der Waals surface area (Å²) >= 11 is 0. The van der Waals surface area contributed by atoms with E-state index in [4.69, 9.17) is 15.2 Å². The molecular weight excluding hydrogens is 242 g/mol. The van der Waals surface area contributed by atoms with E-state index in [1.54, 1.807) is 0 Å². The molecule has 1 aromatic carbocycles. The summed E-state index contributed by atoms with van der Waals surface area (Å²) in [4.78, 5) is 0. The third kappa shape index (κ3) is 7.15. The number of benzene rings is 1. The molecule has 0 bridgehead atoms. The van der Waals surface area contributed by atoms with Crippen LogP contribution in [0.25, 0.3) is 0 Å². The number of hydrogen-bond donors (Lipinski definition) is 2. The van der Waals surface area contributed by atoms with Crippen molar-refractivity contribution in [2.45, 2.75) is 38.8 Å². The van der Waals surface area contributed by atoms with Crippen LogP contribution in [0.1, 0.15) is 25.8 Å². The molecule has 0 saturated carbocycles. The molecule has 19 heavy (non-hydrogen) atoms. The fraction of sp³-hybridized carbons (Fsp3) is 0.600. The molecule has 0 amide bonds. The number of aryl methyl sites for hydroxylation is 1. The Morgan fingerprint density at radius 1 is 1.21 bits per heavy atom. The predicted octanol–water partition coefficient (Wildman–Crippen LogP) is 1.74. The highest BCUT2D eigenvalue weighted by Crippen LogP contribution is 2.14. The van der Waals surface area contributed by atoms with Gasteiger partial charge in [0.05, 0.1) is 6.61 Å². The molecule has 108 valence electrons. The maximum absolute atomic E-state index is 9.58. The third-order valence-electron chi connectivity index (χ3n) is 2.77. The molecule has 0 aliphatic rings. The van der Waals surface area contributed by atoms with E-state index in [9.17, 15) is 5.11 Å². The molecule has 4 heteroatoms. The lowest BCUT2D eigenvalue weighted by Crippen LogP contribution is -2.23. The summed E-state index contributed by atoms with van der Waals surface area (Å²) in [6.45, 7) is 5.07. The zero-order valence-corrected chi connectivity index (χ0v) is 11.8. The number of aliphatic hydroxyl groups is 1. The molecule has 0 aromatic heterocycles. The third-order valence-corrected chi connectivity index (χ3v) is 2.77. The molecule has 0 aliphatic heterocycles. The molecular formula is C15H25NO3. The van der Waals surface area contributed by atoms with Gasteiger partial charge < -0.3 is 20.3 Å². The Morgan fingerprint density at radius 2 is 1.89 bits per heavy atom. The van der Waals surface area contributed by atoms with Gasteiger partial charge in [0, 0.05) is 12.6 Å². The molecule has 2 unspecified atom stereocenters. The maximum Gasteiger partial charge on any atom is 0.119 e. The topological polar surface area (TPSA) is 64.7 Å². The average Bonchev–Trinajstić information content (AvgIpc) is 2.41. The van der Waals surface area contributed by atoms with Crippen LogP contribution in [0.15, 0.2) is 24.3 Å². The van der Waals surface area contributed by atoms with Crippen molar-refractivity contribution in [3.63, 3.8) is 0 Å². The molecule has 1 rings (SSSR count). The lowest BCUT2D eigenvalue weighted by molar-refractivity contribution is 0.0164. The lowest BCUT2D eigenvalue weighted by Gasteiger charge is -2.12. The molecule has 0 fully saturated rings. The van der Waals surface area contributed by atoms with Crippen LogP contribution in [0.5, 0.6) is 5.75 Å². The van der Waals surface area contributed by atoms with Gasteiger partial charge in [0.2, 0.25) is 0 Å². The Balaban J connectivity index is 2.31. The number of hydrogen-bond acceptors (Lipinski definition) is 4. The second-order valence-electron chi connectivity index (χ2n) is 4.78. The minimum Gasteiger partial charge on any atom is -0.491 e. The maximum atomic E-state index is 9.58. The monoisotopic (exact) mass is 267 g/mol. The van der Waals surface area contributed by atoms with E-state index in [1.807, 2.05) is 38.1 Å². The van der Waals surface area contributed by atoms with Crippen LogP contribution in [0.2, 0.25) is 0 Å². The van der Waals surface area contributed by atoms with Gasteiger partial charge in [-0.2, -0.15) is 0 Å². The fourth-order valence-electron chi connectivity index (χ4n) is 1.64. The molecule has 0 saturated heterocycles. The number of aliphatic hydroxyl groups excluding tert-OH is 1. The van der Waals surface area contributed by atoms with Crippen molar-refractivity contribution in [2.75, 3.05) is 19.8 Å². The Morgan fingerprint density at radius 3 is 2.47 bits per heavy atom. The normalized spacial score (nSPS) is 14.1. The van der Waals surface area contributed by atoms with E-state index in [0.29, 0.717) is 13.2 Å². The molecule has 2 atom stereocenters. The minimum atomic E-state index is -0.585. The van der Waals surface area contributed by atoms with Gasteiger partial charge in [-0.15, -0.1) is 0 Å². The van der Waals surface area contributed by atoms with E-state index in [-0.39, 0.29) is 12.6 Å². The van der Waals surface area contributed by atoms with Crippen LogP contribution in [0.4, 0.5) is 0 Å². The molecule has 0 aliphatic carbocycles. The largest absolute Gasteiger partial charge is 0.491 e. The van der Waals surface area contributed by atoms with Crippen molar-refractivity contribution in [3.8, 4) is 5.75 Å². The summed E-state index contributed by atoms with van der Waals surface area (Å²) in [5, 5.41) is 9.58. The van der Waals surface area contributed by atoms with Gasteiger partial charge in [0.25, 0.3) is 0 Å². The van der Waals surface area contributed by atoms with E-state index >= 15 is 0 Å². The Kier molecular flexibility index (Phi) is 7.48. The smallest absolute Gasteiger partial charge is 0.119 e. The van der Waals surface area contributed by atoms with Crippen LogP contribution < -0.4 is 10.5 Å². The highest BCUT2D eigenvalue weighted by Gasteiger charge is 2.05. The van der Waals surface area contributed by atoms with Gasteiger partial charge in [-0.05, 0) is 44.4 Å². The van der Waals surface area contributed by atoms with E-state index < -0.39 is 6.10 Å².